The van der Waals surface area contributed by atoms with Crippen LogP contribution in [0.2, 0.25) is 0 Å². The Morgan fingerprint density at radius 1 is 1.33 bits per heavy atom. The van der Waals surface area contributed by atoms with Crippen molar-refractivity contribution in [3.8, 4) is 0 Å². The van der Waals surface area contributed by atoms with Gasteiger partial charge < -0.3 is 15.2 Å². The smallest absolute Gasteiger partial charge is 0.303 e. The SMILES string of the molecule is COCc1ccccc1C(=O)NCC1(CC(=O)O)CCC1. The van der Waals surface area contributed by atoms with Crippen LogP contribution in [0.1, 0.15) is 41.6 Å². The van der Waals surface area contributed by atoms with Crippen molar-refractivity contribution < 1.29 is 19.4 Å². The Morgan fingerprint density at radius 2 is 2.05 bits per heavy atom. The number of nitrogens with one attached hydrogen (secondary N) is 1. The summed E-state index contributed by atoms with van der Waals surface area (Å²) in [5.74, 6) is -0.969. The molecule has 0 aliphatic heterocycles. The van der Waals surface area contributed by atoms with E-state index in [-0.39, 0.29) is 17.7 Å². The van der Waals surface area contributed by atoms with E-state index < -0.39 is 5.97 Å². The van der Waals surface area contributed by atoms with E-state index >= 15 is 0 Å². The molecule has 0 radical (unpaired) electrons. The molecule has 0 heterocycles. The minimum absolute atomic E-state index is 0.118. The number of carboxylic acid groups (broad SMARTS) is 1. The predicted octanol–water partition coefficient (Wildman–Crippen LogP) is 2.21. The third kappa shape index (κ3) is 3.82. The first kappa shape index (κ1) is 15.5. The Kier molecular flexibility index (Phi) is 4.96. The van der Waals surface area contributed by atoms with Gasteiger partial charge in [0.25, 0.3) is 5.91 Å². The second-order valence-corrected chi connectivity index (χ2v) is 5.70. The highest BCUT2D eigenvalue weighted by Gasteiger charge is 2.39. The maximum atomic E-state index is 12.3. The number of rotatable bonds is 7. The number of aliphatic carboxylic acids is 1. The molecule has 0 unspecified atom stereocenters. The van der Waals surface area contributed by atoms with Gasteiger partial charge in [-0.25, -0.2) is 0 Å². The normalized spacial score (nSPS) is 16.0. The van der Waals surface area contributed by atoms with Gasteiger partial charge in [-0.1, -0.05) is 24.6 Å². The molecule has 2 N–H and O–H groups in total. The van der Waals surface area contributed by atoms with E-state index in [2.05, 4.69) is 5.32 Å². The Hall–Kier alpha value is -1.88. The monoisotopic (exact) mass is 291 g/mol. The summed E-state index contributed by atoms with van der Waals surface area (Å²) in [6.45, 7) is 0.795. The van der Waals surface area contributed by atoms with Crippen LogP contribution >= 0.6 is 0 Å². The van der Waals surface area contributed by atoms with Gasteiger partial charge in [0.2, 0.25) is 0 Å². The molecule has 0 atom stereocenters. The van der Waals surface area contributed by atoms with E-state index in [1.165, 1.54) is 0 Å². The first-order chi connectivity index (χ1) is 10.1. The lowest BCUT2D eigenvalue weighted by Gasteiger charge is -2.40. The Bertz CT molecular complexity index is 523. The maximum Gasteiger partial charge on any atom is 0.303 e. The molecule has 21 heavy (non-hydrogen) atoms. The fourth-order valence-electron chi connectivity index (χ4n) is 2.80. The molecular formula is C16H21NO4. The molecule has 1 aromatic rings. The highest BCUT2D eigenvalue weighted by Crippen LogP contribution is 2.43. The molecule has 1 saturated carbocycles. The Morgan fingerprint density at radius 3 is 2.62 bits per heavy atom. The second kappa shape index (κ2) is 6.72. The number of hydrogen-bond acceptors (Lipinski definition) is 3. The molecule has 1 fully saturated rings. The summed E-state index contributed by atoms with van der Waals surface area (Å²) in [5, 5.41) is 11.9. The average molecular weight is 291 g/mol. The minimum Gasteiger partial charge on any atom is -0.481 e. The van der Waals surface area contributed by atoms with E-state index in [4.69, 9.17) is 9.84 Å². The third-order valence-electron chi connectivity index (χ3n) is 4.13. The van der Waals surface area contributed by atoms with Crippen molar-refractivity contribution in [2.24, 2.45) is 5.41 Å². The Balaban J connectivity index is 2.00. The molecular weight excluding hydrogens is 270 g/mol. The third-order valence-corrected chi connectivity index (χ3v) is 4.13. The van der Waals surface area contributed by atoms with Gasteiger partial charge in [-0.05, 0) is 29.9 Å². The fourth-order valence-corrected chi connectivity index (χ4v) is 2.80. The van der Waals surface area contributed by atoms with Gasteiger partial charge in [-0.3, -0.25) is 9.59 Å². The van der Waals surface area contributed by atoms with E-state index in [0.717, 1.165) is 24.8 Å². The van der Waals surface area contributed by atoms with E-state index in [0.29, 0.717) is 18.7 Å². The predicted molar refractivity (Wildman–Crippen MR) is 78.0 cm³/mol. The fraction of sp³-hybridized carbons (Fsp3) is 0.500. The van der Waals surface area contributed by atoms with Gasteiger partial charge in [0.15, 0.2) is 0 Å². The van der Waals surface area contributed by atoms with Gasteiger partial charge in [0.05, 0.1) is 13.0 Å². The molecule has 5 nitrogen and oxygen atoms in total. The first-order valence-corrected chi connectivity index (χ1v) is 7.13. The number of amides is 1. The number of methoxy groups -OCH3 is 1. The molecule has 0 bridgehead atoms. The van der Waals surface area contributed by atoms with Crippen molar-refractivity contribution >= 4 is 11.9 Å². The number of benzene rings is 1. The number of carboxylic acids is 1. The van der Waals surface area contributed by atoms with Crippen LogP contribution in [-0.2, 0) is 16.1 Å². The number of hydrogen-bond donors (Lipinski definition) is 2. The molecule has 1 aromatic carbocycles. The maximum absolute atomic E-state index is 12.3. The summed E-state index contributed by atoms with van der Waals surface area (Å²) in [7, 11) is 1.59. The zero-order valence-corrected chi connectivity index (χ0v) is 12.2. The lowest BCUT2D eigenvalue weighted by molar-refractivity contribution is -0.141. The van der Waals surface area contributed by atoms with Crippen molar-refractivity contribution in [3.63, 3.8) is 0 Å². The van der Waals surface area contributed by atoms with Crippen molar-refractivity contribution in [1.29, 1.82) is 0 Å². The van der Waals surface area contributed by atoms with Crippen LogP contribution < -0.4 is 5.32 Å². The molecule has 1 aliphatic carbocycles. The van der Waals surface area contributed by atoms with Crippen LogP contribution in [0.25, 0.3) is 0 Å². The minimum atomic E-state index is -0.802. The van der Waals surface area contributed by atoms with Gasteiger partial charge in [-0.15, -0.1) is 0 Å². The highest BCUT2D eigenvalue weighted by molar-refractivity contribution is 5.95. The Labute approximate surface area is 124 Å². The zero-order chi connectivity index (χ0) is 15.3. The van der Waals surface area contributed by atoms with Crippen LogP contribution in [0.3, 0.4) is 0 Å². The summed E-state index contributed by atoms with van der Waals surface area (Å²) in [6.07, 6.45) is 2.87. The molecule has 0 aromatic heterocycles. The molecule has 1 aliphatic rings. The molecule has 2 rings (SSSR count). The van der Waals surface area contributed by atoms with Crippen molar-refractivity contribution in [3.05, 3.63) is 35.4 Å². The second-order valence-electron chi connectivity index (χ2n) is 5.70. The van der Waals surface area contributed by atoms with E-state index in [1.807, 2.05) is 18.2 Å². The lowest BCUT2D eigenvalue weighted by atomic mass is 9.66. The van der Waals surface area contributed by atoms with E-state index in [9.17, 15) is 9.59 Å². The molecule has 114 valence electrons. The van der Waals surface area contributed by atoms with Crippen LogP contribution in [0, 0.1) is 5.41 Å². The van der Waals surface area contributed by atoms with E-state index in [1.54, 1.807) is 13.2 Å². The van der Waals surface area contributed by atoms with Crippen LogP contribution in [0.4, 0.5) is 0 Å². The van der Waals surface area contributed by atoms with Crippen molar-refractivity contribution in [2.75, 3.05) is 13.7 Å². The van der Waals surface area contributed by atoms with Crippen LogP contribution in [-0.4, -0.2) is 30.6 Å². The lowest BCUT2D eigenvalue weighted by Crippen LogP contribution is -2.43. The summed E-state index contributed by atoms with van der Waals surface area (Å²) in [6, 6.07) is 7.29. The summed E-state index contributed by atoms with van der Waals surface area (Å²) >= 11 is 0. The molecule has 0 spiro atoms. The first-order valence-electron chi connectivity index (χ1n) is 7.13. The van der Waals surface area contributed by atoms with Crippen molar-refractivity contribution in [2.45, 2.75) is 32.3 Å². The van der Waals surface area contributed by atoms with Crippen LogP contribution in [0.15, 0.2) is 24.3 Å². The summed E-state index contributed by atoms with van der Waals surface area (Å²) in [4.78, 5) is 23.2. The number of carbonyl (C=O) groups is 2. The molecule has 1 amide bonds. The van der Waals surface area contributed by atoms with Gasteiger partial charge >= 0.3 is 5.97 Å². The standard InChI is InChI=1S/C16H21NO4/c1-21-10-12-5-2-3-6-13(12)15(20)17-11-16(7-4-8-16)9-14(18)19/h2-3,5-6H,4,7-11H2,1H3,(H,17,20)(H,18,19). The average Bonchev–Trinajstić information content (AvgIpc) is 2.42. The molecule has 0 saturated heterocycles. The van der Waals surface area contributed by atoms with Crippen molar-refractivity contribution in [1.82, 2.24) is 5.32 Å². The number of ether oxygens (including phenoxy) is 1. The van der Waals surface area contributed by atoms with Gasteiger partial charge in [0.1, 0.15) is 0 Å². The quantitative estimate of drug-likeness (QED) is 0.807. The highest BCUT2D eigenvalue weighted by atomic mass is 16.5. The largest absolute Gasteiger partial charge is 0.481 e. The van der Waals surface area contributed by atoms with Crippen LogP contribution in [0.5, 0.6) is 0 Å². The van der Waals surface area contributed by atoms with Gasteiger partial charge in [-0.2, -0.15) is 0 Å². The number of carbonyl (C=O) groups excluding carboxylic acids is 1. The zero-order valence-electron chi connectivity index (χ0n) is 12.2. The molecule has 5 heteroatoms. The summed E-state index contributed by atoms with van der Waals surface area (Å²) in [5.41, 5.74) is 1.15. The summed E-state index contributed by atoms with van der Waals surface area (Å²) < 4.78 is 5.09. The van der Waals surface area contributed by atoms with Gasteiger partial charge in [0, 0.05) is 19.2 Å². The topological polar surface area (TPSA) is 75.6 Å².